The Bertz CT molecular complexity index is 533. The summed E-state index contributed by atoms with van der Waals surface area (Å²) in [6.45, 7) is 0. The van der Waals surface area contributed by atoms with Crippen LogP contribution in [0.25, 0.3) is 0 Å². The second kappa shape index (κ2) is 19.8. The lowest BCUT2D eigenvalue weighted by Crippen LogP contribution is -2.28. The fraction of sp³-hybridized carbons (Fsp3) is 0.760. The van der Waals surface area contributed by atoms with Crippen LogP contribution in [0.5, 0.6) is 0 Å². The van der Waals surface area contributed by atoms with Crippen molar-refractivity contribution in [2.75, 3.05) is 42.7 Å². The van der Waals surface area contributed by atoms with Crippen LogP contribution in [0.15, 0.2) is 30.3 Å². The van der Waals surface area contributed by atoms with Gasteiger partial charge >= 0.3 is 27.9 Å². The van der Waals surface area contributed by atoms with Crippen molar-refractivity contribution in [3.63, 3.8) is 0 Å². The van der Waals surface area contributed by atoms with E-state index in [1.807, 2.05) is 0 Å². The van der Waals surface area contributed by atoms with Gasteiger partial charge in [-0.05, 0) is 48.4 Å². The van der Waals surface area contributed by atoms with Gasteiger partial charge in [0.05, 0.1) is 0 Å². The molecule has 1 rings (SSSR count). The molecule has 6 nitrogen and oxygen atoms in total. The van der Waals surface area contributed by atoms with Crippen molar-refractivity contribution in [2.45, 2.75) is 81.3 Å². The van der Waals surface area contributed by atoms with Crippen LogP contribution in [-0.4, -0.2) is 70.5 Å². The Morgan fingerprint density at radius 2 is 0.824 bits per heavy atom. The van der Waals surface area contributed by atoms with Crippen LogP contribution in [-0.2, 0) is 32.0 Å². The molecule has 3 radical (unpaired) electrons. The summed E-state index contributed by atoms with van der Waals surface area (Å²) in [6.07, 6.45) is 10.6. The number of hydrogen-bond donors (Lipinski definition) is 0. The molecule has 0 heterocycles. The van der Waals surface area contributed by atoms with Crippen LogP contribution in [0.1, 0.15) is 63.4 Å². The maximum Gasteiger partial charge on any atom is 0.384 e. The molecule has 0 aliphatic rings. The minimum Gasteiger partial charge on any atom is -0.397 e. The van der Waals surface area contributed by atoms with E-state index < -0.39 is 27.9 Å². The van der Waals surface area contributed by atoms with Gasteiger partial charge in [-0.15, -0.1) is 0 Å². The highest BCUT2D eigenvalue weighted by Crippen LogP contribution is 2.40. The molecule has 195 valence electrons. The van der Waals surface area contributed by atoms with Crippen LogP contribution >= 0.6 is 0 Å². The molecule has 0 aromatic heterocycles. The predicted molar refractivity (Wildman–Crippen MR) is 143 cm³/mol. The highest BCUT2D eigenvalue weighted by atomic mass is 28.3. The molecule has 0 unspecified atom stereocenters. The molecule has 0 saturated heterocycles. The maximum absolute atomic E-state index is 5.50. The summed E-state index contributed by atoms with van der Waals surface area (Å²) in [5, 5.41) is 0. The molecule has 34 heavy (non-hydrogen) atoms. The molecule has 1 aromatic carbocycles. The molecule has 0 saturated carbocycles. The van der Waals surface area contributed by atoms with E-state index in [0.29, 0.717) is 0 Å². The molecular weight excluding hydrogens is 481 g/mol. The first kappa shape index (κ1) is 31.7. The molecule has 0 fully saturated rings. The average molecular weight is 528 g/mol. The lowest BCUT2D eigenvalue weighted by Gasteiger charge is -2.36. The third-order valence-corrected chi connectivity index (χ3v) is 11.6. The fourth-order valence-corrected chi connectivity index (χ4v) is 8.00. The predicted octanol–water partition coefficient (Wildman–Crippen LogP) is 5.78. The molecule has 0 bridgehead atoms. The van der Waals surface area contributed by atoms with Gasteiger partial charge in [-0.3, -0.25) is 0 Å². The Kier molecular flexibility index (Phi) is 18.4. The first-order chi connectivity index (χ1) is 16.6. The van der Waals surface area contributed by atoms with Gasteiger partial charge in [-0.2, -0.15) is 0 Å². The van der Waals surface area contributed by atoms with Crippen molar-refractivity contribution < 1.29 is 26.6 Å². The van der Waals surface area contributed by atoms with Gasteiger partial charge in [-0.1, -0.05) is 68.9 Å². The zero-order chi connectivity index (χ0) is 25.1. The summed E-state index contributed by atoms with van der Waals surface area (Å²) in [5.74, 6) is 0. The van der Waals surface area contributed by atoms with E-state index in [-0.39, 0.29) is 5.41 Å². The molecule has 0 aliphatic carbocycles. The van der Waals surface area contributed by atoms with E-state index in [4.69, 9.17) is 26.6 Å². The summed E-state index contributed by atoms with van der Waals surface area (Å²) in [4.78, 5) is 0. The monoisotopic (exact) mass is 527 g/mol. The number of unbranched alkanes of at least 4 members (excludes halogenated alkanes) is 3. The Hall–Kier alpha value is -0.369. The zero-order valence-electron chi connectivity index (χ0n) is 22.3. The number of benzene rings is 1. The average Bonchev–Trinajstić information content (AvgIpc) is 2.89. The Labute approximate surface area is 214 Å². The van der Waals surface area contributed by atoms with Gasteiger partial charge in [0.1, 0.15) is 0 Å². The second-order valence-electron chi connectivity index (χ2n) is 8.61. The summed E-state index contributed by atoms with van der Waals surface area (Å²) in [5.41, 5.74) is 1.67. The van der Waals surface area contributed by atoms with Crippen LogP contribution in [0.4, 0.5) is 0 Å². The molecule has 0 amide bonds. The molecular formula is C25H47O6Si3. The van der Waals surface area contributed by atoms with Gasteiger partial charge in [0.2, 0.25) is 0 Å². The maximum atomic E-state index is 5.50. The third kappa shape index (κ3) is 12.0. The smallest absolute Gasteiger partial charge is 0.384 e. The Morgan fingerprint density at radius 3 is 1.12 bits per heavy atom. The van der Waals surface area contributed by atoms with E-state index in [1.54, 1.807) is 42.7 Å². The van der Waals surface area contributed by atoms with E-state index in [1.165, 1.54) is 44.1 Å². The van der Waals surface area contributed by atoms with Gasteiger partial charge in [0.25, 0.3) is 0 Å². The van der Waals surface area contributed by atoms with Crippen molar-refractivity contribution in [3.8, 4) is 0 Å². The first-order valence-electron chi connectivity index (χ1n) is 12.5. The van der Waals surface area contributed by atoms with E-state index in [0.717, 1.165) is 37.4 Å². The minimum atomic E-state index is -1.12. The second-order valence-corrected chi connectivity index (χ2v) is 14.8. The van der Waals surface area contributed by atoms with Crippen LogP contribution in [0, 0.1) is 0 Å². The summed E-state index contributed by atoms with van der Waals surface area (Å²) in [6, 6.07) is 14.3. The van der Waals surface area contributed by atoms with E-state index in [9.17, 15) is 0 Å². The zero-order valence-corrected chi connectivity index (χ0v) is 25.3. The van der Waals surface area contributed by atoms with Crippen LogP contribution in [0.3, 0.4) is 0 Å². The summed E-state index contributed by atoms with van der Waals surface area (Å²) < 4.78 is 33.0. The van der Waals surface area contributed by atoms with Gasteiger partial charge < -0.3 is 26.6 Å². The van der Waals surface area contributed by atoms with Crippen LogP contribution in [0.2, 0.25) is 18.1 Å². The highest BCUT2D eigenvalue weighted by molar-refractivity contribution is 6.44. The number of hydrogen-bond acceptors (Lipinski definition) is 6. The third-order valence-electron chi connectivity index (χ3n) is 6.61. The molecule has 1 aromatic rings. The van der Waals surface area contributed by atoms with Crippen molar-refractivity contribution in [1.82, 2.24) is 0 Å². The fourth-order valence-electron chi connectivity index (χ4n) is 4.66. The van der Waals surface area contributed by atoms with E-state index in [2.05, 4.69) is 30.3 Å². The van der Waals surface area contributed by atoms with Gasteiger partial charge in [-0.25, -0.2) is 0 Å². The Morgan fingerprint density at radius 1 is 0.500 bits per heavy atom. The van der Waals surface area contributed by atoms with Crippen LogP contribution < -0.4 is 0 Å². The van der Waals surface area contributed by atoms with Gasteiger partial charge in [0.15, 0.2) is 0 Å². The molecule has 9 heteroatoms. The summed E-state index contributed by atoms with van der Waals surface area (Å²) in [7, 11) is 7.19. The molecule has 0 atom stereocenters. The molecule has 0 spiro atoms. The van der Waals surface area contributed by atoms with Crippen molar-refractivity contribution in [3.05, 3.63) is 35.9 Å². The molecule has 0 N–H and O–H groups in total. The van der Waals surface area contributed by atoms with Crippen molar-refractivity contribution >= 4 is 27.9 Å². The molecule has 0 aliphatic heterocycles. The van der Waals surface area contributed by atoms with E-state index >= 15 is 0 Å². The first-order valence-corrected chi connectivity index (χ1v) is 17.0. The largest absolute Gasteiger partial charge is 0.397 e. The standard InChI is InChI=1S/C25H47O6Si3/c1-26-32(27-2)21-13-10-18-25(24-16-8-7-9-17-24,19-11-14-22-33(28-3)29-4)20-12-15-23-34(30-5)31-6/h7-9,16-17H,10-15,18-23H2,1-6H3. The number of rotatable bonds is 22. The lowest BCUT2D eigenvalue weighted by molar-refractivity contribution is 0.267. The minimum absolute atomic E-state index is 0.189. The lowest BCUT2D eigenvalue weighted by atomic mass is 9.69. The normalized spacial score (nSPS) is 12.4. The summed E-state index contributed by atoms with van der Waals surface area (Å²) >= 11 is 0. The van der Waals surface area contributed by atoms with Gasteiger partial charge in [0, 0.05) is 42.7 Å². The Balaban J connectivity index is 2.89. The highest BCUT2D eigenvalue weighted by Gasteiger charge is 2.31. The SMILES string of the molecule is CO[Si](CCCCC(CCCC[Si](OC)OC)(CCCC[Si](OC)OC)c1ccccc1)OC. The quantitative estimate of drug-likeness (QED) is 0.141. The topological polar surface area (TPSA) is 55.4 Å². The van der Waals surface area contributed by atoms with Crippen molar-refractivity contribution in [2.24, 2.45) is 0 Å². The van der Waals surface area contributed by atoms with Crippen molar-refractivity contribution in [1.29, 1.82) is 0 Å².